The molecule has 2 aliphatic heterocycles. The number of carboxylic acids is 1. The Labute approximate surface area is 177 Å². The van der Waals surface area contributed by atoms with Crippen LogP contribution in [0.15, 0.2) is 30.3 Å². The van der Waals surface area contributed by atoms with Gasteiger partial charge < -0.3 is 14.7 Å². The van der Waals surface area contributed by atoms with Crippen molar-refractivity contribution in [3.05, 3.63) is 35.9 Å². The third-order valence-corrected chi connectivity index (χ3v) is 6.35. The van der Waals surface area contributed by atoms with Crippen LogP contribution in [-0.2, 0) is 25.5 Å². The Kier molecular flexibility index (Phi) is 7.48. The summed E-state index contributed by atoms with van der Waals surface area (Å²) in [6.07, 6.45) is 4.58. The predicted octanol–water partition coefficient (Wildman–Crippen LogP) is 2.38. The standard InChI is InChI=1S/C23H32N2O5/c1-3-30-23(29)19(14-9-16-7-5-4-6-8-16)24-15(2)21(26)25-18-12-10-17(11-13-18)20(25)22(27)28/h4-8,15,17-20,24H,3,9-14H2,1-2H3,(H,27,28)/t15-,17?,18?,19-,20-/m0/s1. The number of nitrogens with one attached hydrogen (secondary N) is 1. The highest BCUT2D eigenvalue weighted by molar-refractivity contribution is 5.88. The van der Waals surface area contributed by atoms with Gasteiger partial charge in [0.2, 0.25) is 5.91 Å². The van der Waals surface area contributed by atoms with Crippen molar-refractivity contribution in [3.63, 3.8) is 0 Å². The molecule has 7 heteroatoms. The Hall–Kier alpha value is -2.41. The molecule has 3 fully saturated rings. The predicted molar refractivity (Wildman–Crippen MR) is 112 cm³/mol. The van der Waals surface area contributed by atoms with Crippen LogP contribution in [0.1, 0.15) is 51.5 Å². The van der Waals surface area contributed by atoms with Crippen molar-refractivity contribution in [2.24, 2.45) is 5.92 Å². The largest absolute Gasteiger partial charge is 0.480 e. The van der Waals surface area contributed by atoms with Gasteiger partial charge in [0, 0.05) is 6.04 Å². The molecule has 7 nitrogen and oxygen atoms in total. The van der Waals surface area contributed by atoms with Crippen molar-refractivity contribution in [2.75, 3.05) is 6.61 Å². The van der Waals surface area contributed by atoms with Gasteiger partial charge >= 0.3 is 11.9 Å². The fraction of sp³-hybridized carbons (Fsp3) is 0.609. The number of carbonyl (C=O) groups is 3. The highest BCUT2D eigenvalue weighted by Crippen LogP contribution is 2.40. The van der Waals surface area contributed by atoms with Crippen LogP contribution in [0, 0.1) is 5.92 Å². The van der Waals surface area contributed by atoms with E-state index >= 15 is 0 Å². The topological polar surface area (TPSA) is 95.9 Å². The molecule has 1 saturated carbocycles. The van der Waals surface area contributed by atoms with Crippen LogP contribution >= 0.6 is 0 Å². The molecule has 3 aliphatic rings. The molecule has 2 bridgehead atoms. The lowest BCUT2D eigenvalue weighted by Gasteiger charge is -2.50. The molecule has 164 valence electrons. The number of carboxylic acid groups (broad SMARTS) is 1. The lowest BCUT2D eigenvalue weighted by atomic mass is 9.74. The number of hydrogen-bond donors (Lipinski definition) is 2. The summed E-state index contributed by atoms with van der Waals surface area (Å²) in [7, 11) is 0. The molecule has 0 aromatic heterocycles. The Morgan fingerprint density at radius 2 is 1.83 bits per heavy atom. The van der Waals surface area contributed by atoms with Crippen LogP contribution in [0.3, 0.4) is 0 Å². The smallest absolute Gasteiger partial charge is 0.326 e. The lowest BCUT2D eigenvalue weighted by molar-refractivity contribution is -0.164. The number of aliphatic carboxylic acids is 1. The number of hydrogen-bond acceptors (Lipinski definition) is 5. The van der Waals surface area contributed by atoms with E-state index in [0.717, 1.165) is 31.2 Å². The third-order valence-electron chi connectivity index (χ3n) is 6.35. The van der Waals surface area contributed by atoms with E-state index in [4.69, 9.17) is 4.74 Å². The quantitative estimate of drug-likeness (QED) is 0.600. The van der Waals surface area contributed by atoms with Crippen LogP contribution in [0.4, 0.5) is 0 Å². The van der Waals surface area contributed by atoms with Gasteiger partial charge in [-0.1, -0.05) is 30.3 Å². The van der Waals surface area contributed by atoms with Gasteiger partial charge in [-0.15, -0.1) is 0 Å². The Morgan fingerprint density at radius 1 is 1.17 bits per heavy atom. The zero-order valence-electron chi connectivity index (χ0n) is 17.8. The molecule has 3 atom stereocenters. The molecule has 0 radical (unpaired) electrons. The van der Waals surface area contributed by atoms with Crippen molar-refractivity contribution < 1.29 is 24.2 Å². The van der Waals surface area contributed by atoms with Gasteiger partial charge in [-0.2, -0.15) is 0 Å². The van der Waals surface area contributed by atoms with Crippen LogP contribution in [0.5, 0.6) is 0 Å². The van der Waals surface area contributed by atoms with Crippen LogP contribution in [0.25, 0.3) is 0 Å². The molecule has 0 unspecified atom stereocenters. The number of esters is 1. The minimum Gasteiger partial charge on any atom is -0.480 e. The lowest BCUT2D eigenvalue weighted by Crippen LogP contribution is -2.64. The van der Waals surface area contributed by atoms with Crippen LogP contribution in [0.2, 0.25) is 0 Å². The molecule has 30 heavy (non-hydrogen) atoms. The number of nitrogens with zero attached hydrogens (tertiary/aromatic N) is 1. The number of amides is 1. The second kappa shape index (κ2) is 10.1. The minimum absolute atomic E-state index is 0.0163. The highest BCUT2D eigenvalue weighted by Gasteiger charge is 2.48. The summed E-state index contributed by atoms with van der Waals surface area (Å²) >= 11 is 0. The summed E-state index contributed by atoms with van der Waals surface area (Å²) in [5.74, 6) is -1.55. The second-order valence-corrected chi connectivity index (χ2v) is 8.31. The van der Waals surface area contributed by atoms with Crippen molar-refractivity contribution in [1.29, 1.82) is 0 Å². The highest BCUT2D eigenvalue weighted by atomic mass is 16.5. The van der Waals surface area contributed by atoms with E-state index in [1.807, 2.05) is 30.3 Å². The van der Waals surface area contributed by atoms with Gasteiger partial charge in [-0.3, -0.25) is 14.9 Å². The molecular formula is C23H32N2O5. The van der Waals surface area contributed by atoms with E-state index in [1.54, 1.807) is 18.7 Å². The first-order chi connectivity index (χ1) is 14.4. The fourth-order valence-corrected chi connectivity index (χ4v) is 4.85. The molecule has 2 saturated heterocycles. The molecule has 1 aromatic rings. The van der Waals surface area contributed by atoms with Gasteiger partial charge in [-0.05, 0) is 63.9 Å². The third kappa shape index (κ3) is 5.01. The number of rotatable bonds is 9. The monoisotopic (exact) mass is 416 g/mol. The van der Waals surface area contributed by atoms with E-state index in [-0.39, 0.29) is 30.4 Å². The SMILES string of the molecule is CCOC(=O)[C@H](CCc1ccccc1)N[C@@H](C)C(=O)N1C2CCC(CC2)[C@H]1C(=O)O. The van der Waals surface area contributed by atoms with E-state index in [9.17, 15) is 19.5 Å². The molecule has 2 N–H and O–H groups in total. The summed E-state index contributed by atoms with van der Waals surface area (Å²) < 4.78 is 5.21. The summed E-state index contributed by atoms with van der Waals surface area (Å²) in [5.41, 5.74) is 1.10. The molecule has 1 aliphatic carbocycles. The minimum atomic E-state index is -0.934. The van der Waals surface area contributed by atoms with Gasteiger partial charge in [0.25, 0.3) is 0 Å². The first-order valence-corrected chi connectivity index (χ1v) is 10.9. The van der Waals surface area contributed by atoms with E-state index in [2.05, 4.69) is 5.32 Å². The Bertz CT molecular complexity index is 745. The molecular weight excluding hydrogens is 384 g/mol. The number of aryl methyl sites for hydroxylation is 1. The van der Waals surface area contributed by atoms with Crippen molar-refractivity contribution in [1.82, 2.24) is 10.2 Å². The van der Waals surface area contributed by atoms with Gasteiger partial charge in [0.15, 0.2) is 0 Å². The van der Waals surface area contributed by atoms with Crippen LogP contribution < -0.4 is 5.32 Å². The summed E-state index contributed by atoms with van der Waals surface area (Å²) in [6, 6.07) is 7.74. The van der Waals surface area contributed by atoms with E-state index in [1.165, 1.54) is 0 Å². The Balaban J connectivity index is 1.69. The number of fused-ring (bicyclic) bond motifs is 3. The van der Waals surface area contributed by atoms with Crippen molar-refractivity contribution in [3.8, 4) is 0 Å². The van der Waals surface area contributed by atoms with Gasteiger partial charge in [0.1, 0.15) is 12.1 Å². The Morgan fingerprint density at radius 3 is 2.43 bits per heavy atom. The van der Waals surface area contributed by atoms with E-state index in [0.29, 0.717) is 12.8 Å². The number of piperidine rings is 2. The normalized spacial score (nSPS) is 24.9. The molecule has 1 amide bonds. The average molecular weight is 417 g/mol. The first-order valence-electron chi connectivity index (χ1n) is 10.9. The van der Waals surface area contributed by atoms with Gasteiger partial charge in [-0.25, -0.2) is 4.79 Å². The summed E-state index contributed by atoms with van der Waals surface area (Å²) in [5, 5.41) is 12.9. The average Bonchev–Trinajstić information content (AvgIpc) is 2.76. The number of ether oxygens (including phenoxy) is 1. The molecule has 4 rings (SSSR count). The molecule has 0 spiro atoms. The zero-order valence-corrected chi connectivity index (χ0v) is 17.8. The van der Waals surface area contributed by atoms with Crippen molar-refractivity contribution >= 4 is 17.8 Å². The fourth-order valence-electron chi connectivity index (χ4n) is 4.85. The van der Waals surface area contributed by atoms with Crippen molar-refractivity contribution in [2.45, 2.75) is 76.5 Å². The molecule has 1 aromatic carbocycles. The summed E-state index contributed by atoms with van der Waals surface area (Å²) in [4.78, 5) is 39.2. The molecule has 2 heterocycles. The maximum Gasteiger partial charge on any atom is 0.326 e. The zero-order chi connectivity index (χ0) is 21.7. The maximum absolute atomic E-state index is 13.2. The van der Waals surface area contributed by atoms with Crippen LogP contribution in [-0.4, -0.2) is 58.6 Å². The van der Waals surface area contributed by atoms with Gasteiger partial charge in [0.05, 0.1) is 12.6 Å². The maximum atomic E-state index is 13.2. The number of benzene rings is 1. The first kappa shape index (κ1) is 22.3. The summed E-state index contributed by atoms with van der Waals surface area (Å²) in [6.45, 7) is 3.72. The van der Waals surface area contributed by atoms with E-state index < -0.39 is 24.1 Å². The second-order valence-electron chi connectivity index (χ2n) is 8.31. The number of carbonyl (C=O) groups excluding carboxylic acids is 2.